The van der Waals surface area contributed by atoms with Crippen LogP contribution in [-0.2, 0) is 0 Å². The van der Waals surface area contributed by atoms with Gasteiger partial charge in [0.1, 0.15) is 0 Å². The first-order chi connectivity index (χ1) is 4.43. The lowest BCUT2D eigenvalue weighted by atomic mass is 10.5. The van der Waals surface area contributed by atoms with Crippen LogP contribution in [0.2, 0.25) is 0 Å². The van der Waals surface area contributed by atoms with Crippen LogP contribution in [0, 0.1) is 0 Å². The highest BCUT2D eigenvalue weighted by molar-refractivity contribution is 5.22. The minimum absolute atomic E-state index is 1.10. The topological polar surface area (TPSA) is 4.93 Å². The molecule has 0 amide bonds. The Hall–Kier alpha value is -0.980. The van der Waals surface area contributed by atoms with E-state index in [1.54, 1.807) is 0 Å². The van der Waals surface area contributed by atoms with Crippen LogP contribution >= 0.6 is 0 Å². The number of hydrogen-bond acceptors (Lipinski definition) is 0. The maximum Gasteiger partial charge on any atom is 0.00823 e. The highest BCUT2D eigenvalue weighted by atomic mass is 14.9. The van der Waals surface area contributed by atoms with Crippen molar-refractivity contribution >= 4 is 6.20 Å². The van der Waals surface area contributed by atoms with Crippen molar-refractivity contribution in [3.8, 4) is 0 Å². The molecule has 9 heavy (non-hydrogen) atoms. The molecular formula is C8H11N. The minimum atomic E-state index is 1.10. The van der Waals surface area contributed by atoms with E-state index in [-0.39, 0.29) is 0 Å². The van der Waals surface area contributed by atoms with Crippen LogP contribution in [0.3, 0.4) is 0 Å². The molecule has 0 aliphatic rings. The highest BCUT2D eigenvalue weighted by Crippen LogP contribution is 1.91. The van der Waals surface area contributed by atoms with Crippen molar-refractivity contribution < 1.29 is 0 Å². The van der Waals surface area contributed by atoms with Crippen LogP contribution < -0.4 is 0 Å². The summed E-state index contributed by atoms with van der Waals surface area (Å²) in [4.78, 5) is 0. The first-order valence-electron chi connectivity index (χ1n) is 3.22. The quantitative estimate of drug-likeness (QED) is 0.566. The molecule has 0 bridgehead atoms. The summed E-state index contributed by atoms with van der Waals surface area (Å²) in [5, 5.41) is 0. The summed E-state index contributed by atoms with van der Waals surface area (Å²) in [5.41, 5.74) is 0. The molecule has 0 saturated heterocycles. The molecule has 48 valence electrons. The van der Waals surface area contributed by atoms with Crippen LogP contribution in [0.1, 0.15) is 13.3 Å². The monoisotopic (exact) mass is 121 g/mol. The molecule has 0 aliphatic carbocycles. The molecule has 1 rings (SSSR count). The Morgan fingerprint density at radius 2 is 2.00 bits per heavy atom. The van der Waals surface area contributed by atoms with Crippen molar-refractivity contribution in [2.24, 2.45) is 0 Å². The van der Waals surface area contributed by atoms with Crippen LogP contribution in [0.4, 0.5) is 0 Å². The summed E-state index contributed by atoms with van der Waals surface area (Å²) >= 11 is 0. The van der Waals surface area contributed by atoms with Crippen molar-refractivity contribution in [3.05, 3.63) is 30.6 Å². The van der Waals surface area contributed by atoms with Gasteiger partial charge >= 0.3 is 0 Å². The Balaban J connectivity index is 2.57. The molecule has 0 unspecified atom stereocenters. The fraction of sp³-hybridized carbons (Fsp3) is 0.250. The van der Waals surface area contributed by atoms with Gasteiger partial charge in [0.15, 0.2) is 0 Å². The zero-order valence-corrected chi connectivity index (χ0v) is 5.62. The van der Waals surface area contributed by atoms with Crippen molar-refractivity contribution in [3.63, 3.8) is 0 Å². The number of hydrogen-bond donors (Lipinski definition) is 0. The fourth-order valence-corrected chi connectivity index (χ4v) is 0.674. The van der Waals surface area contributed by atoms with Gasteiger partial charge in [-0.15, -0.1) is 0 Å². The van der Waals surface area contributed by atoms with E-state index in [2.05, 4.69) is 19.2 Å². The van der Waals surface area contributed by atoms with E-state index >= 15 is 0 Å². The molecule has 1 aromatic heterocycles. The molecule has 0 atom stereocenters. The molecule has 0 spiro atoms. The largest absolute Gasteiger partial charge is 0.331 e. The minimum Gasteiger partial charge on any atom is -0.331 e. The molecule has 0 fully saturated rings. The van der Waals surface area contributed by atoms with Gasteiger partial charge in [0.2, 0.25) is 0 Å². The van der Waals surface area contributed by atoms with Gasteiger partial charge in [-0.2, -0.15) is 0 Å². The van der Waals surface area contributed by atoms with E-state index < -0.39 is 0 Å². The third kappa shape index (κ3) is 1.76. The van der Waals surface area contributed by atoms with Gasteiger partial charge in [0.25, 0.3) is 0 Å². The van der Waals surface area contributed by atoms with Crippen molar-refractivity contribution in [2.45, 2.75) is 13.3 Å². The Morgan fingerprint density at radius 3 is 2.56 bits per heavy atom. The summed E-state index contributed by atoms with van der Waals surface area (Å²) in [6.07, 6.45) is 9.32. The fourth-order valence-electron chi connectivity index (χ4n) is 0.674. The van der Waals surface area contributed by atoms with Crippen LogP contribution in [0.15, 0.2) is 30.6 Å². The Morgan fingerprint density at radius 1 is 1.33 bits per heavy atom. The van der Waals surface area contributed by atoms with Crippen molar-refractivity contribution in [1.29, 1.82) is 0 Å². The zero-order chi connectivity index (χ0) is 6.53. The Bertz CT molecular complexity index is 172. The van der Waals surface area contributed by atoms with Crippen molar-refractivity contribution in [1.82, 2.24) is 4.57 Å². The van der Waals surface area contributed by atoms with Gasteiger partial charge < -0.3 is 4.57 Å². The van der Waals surface area contributed by atoms with Crippen LogP contribution in [-0.4, -0.2) is 4.57 Å². The lowest BCUT2D eigenvalue weighted by molar-refractivity contribution is 1.14. The molecule has 0 N–H and O–H groups in total. The Labute approximate surface area is 55.6 Å². The summed E-state index contributed by atoms with van der Waals surface area (Å²) in [5.74, 6) is 0. The number of rotatable bonds is 2. The second kappa shape index (κ2) is 3.13. The predicted molar refractivity (Wildman–Crippen MR) is 40.1 cm³/mol. The second-order valence-corrected chi connectivity index (χ2v) is 1.92. The predicted octanol–water partition coefficient (Wildman–Crippen LogP) is 2.37. The maximum atomic E-state index is 2.12. The Kier molecular flexibility index (Phi) is 2.13. The lowest BCUT2D eigenvalue weighted by Gasteiger charge is -1.87. The van der Waals surface area contributed by atoms with Gasteiger partial charge in [-0.3, -0.25) is 0 Å². The molecule has 0 saturated carbocycles. The molecule has 1 nitrogen and oxygen atoms in total. The van der Waals surface area contributed by atoms with E-state index in [0.29, 0.717) is 0 Å². The third-order valence-electron chi connectivity index (χ3n) is 1.14. The molecule has 1 aromatic rings. The molecule has 1 heteroatoms. The third-order valence-corrected chi connectivity index (χ3v) is 1.14. The van der Waals surface area contributed by atoms with E-state index in [1.165, 1.54) is 0 Å². The normalized spacial score (nSPS) is 10.8. The van der Waals surface area contributed by atoms with Gasteiger partial charge in [-0.1, -0.05) is 13.0 Å². The first-order valence-corrected chi connectivity index (χ1v) is 3.22. The number of aromatic nitrogens is 1. The highest BCUT2D eigenvalue weighted by Gasteiger charge is 1.75. The standard InChI is InChI=1S/C8H11N/c1-2-3-6-9-7-4-5-8-9/h3-8H,2H2,1H3/b6-3+. The smallest absolute Gasteiger partial charge is 0.00823 e. The van der Waals surface area contributed by atoms with Crippen LogP contribution in [0.5, 0.6) is 0 Å². The molecule has 0 radical (unpaired) electrons. The second-order valence-electron chi connectivity index (χ2n) is 1.92. The van der Waals surface area contributed by atoms with E-state index in [0.717, 1.165) is 6.42 Å². The van der Waals surface area contributed by atoms with E-state index in [1.807, 2.05) is 29.1 Å². The maximum absolute atomic E-state index is 2.12. The number of nitrogens with zero attached hydrogens (tertiary/aromatic N) is 1. The average Bonchev–Trinajstić information content (AvgIpc) is 2.34. The first kappa shape index (κ1) is 6.14. The summed E-state index contributed by atoms with van der Waals surface area (Å²) in [7, 11) is 0. The van der Waals surface area contributed by atoms with Gasteiger partial charge in [-0.05, 0) is 18.6 Å². The lowest BCUT2D eigenvalue weighted by Crippen LogP contribution is -1.75. The summed E-state index contributed by atoms with van der Waals surface area (Å²) in [6.45, 7) is 2.12. The molecular weight excluding hydrogens is 110 g/mol. The van der Waals surface area contributed by atoms with E-state index in [9.17, 15) is 0 Å². The van der Waals surface area contributed by atoms with E-state index in [4.69, 9.17) is 0 Å². The van der Waals surface area contributed by atoms with Crippen LogP contribution in [0.25, 0.3) is 6.20 Å². The zero-order valence-electron chi connectivity index (χ0n) is 5.62. The van der Waals surface area contributed by atoms with Gasteiger partial charge in [0.05, 0.1) is 0 Å². The van der Waals surface area contributed by atoms with Crippen molar-refractivity contribution in [2.75, 3.05) is 0 Å². The number of allylic oxidation sites excluding steroid dienone is 1. The molecule has 0 aromatic carbocycles. The van der Waals surface area contributed by atoms with Gasteiger partial charge in [-0.25, -0.2) is 0 Å². The average molecular weight is 121 g/mol. The summed E-state index contributed by atoms with van der Waals surface area (Å²) < 4.78 is 2.03. The summed E-state index contributed by atoms with van der Waals surface area (Å²) in [6, 6.07) is 4.03. The SMILES string of the molecule is CC/C=C/n1cccc1. The molecule has 0 aliphatic heterocycles. The molecule has 1 heterocycles. The van der Waals surface area contributed by atoms with Gasteiger partial charge in [0, 0.05) is 18.6 Å².